The first kappa shape index (κ1) is 13.3. The van der Waals surface area contributed by atoms with E-state index in [1.165, 1.54) is 12.4 Å². The molecule has 0 aromatic carbocycles. The molecule has 0 aliphatic carbocycles. The van der Waals surface area contributed by atoms with E-state index < -0.39 is 0 Å². The summed E-state index contributed by atoms with van der Waals surface area (Å²) in [6, 6.07) is 6.58. The zero-order valence-corrected chi connectivity index (χ0v) is 11.0. The Labute approximate surface area is 115 Å². The Hall–Kier alpha value is -2.14. The topological polar surface area (TPSA) is 64.1 Å². The maximum atomic E-state index is 11.9. The molecule has 0 spiro atoms. The van der Waals surface area contributed by atoms with Crippen molar-refractivity contribution in [2.75, 3.05) is 11.9 Å². The highest BCUT2D eigenvalue weighted by atomic mass is 35.5. The van der Waals surface area contributed by atoms with Gasteiger partial charge in [-0.25, -0.2) is 9.97 Å². The van der Waals surface area contributed by atoms with Gasteiger partial charge in [-0.15, -0.1) is 0 Å². The third-order valence-electron chi connectivity index (χ3n) is 2.28. The molecular weight excluding hydrogens is 266 g/mol. The minimum atomic E-state index is -0.268. The van der Waals surface area contributed by atoms with Crippen LogP contribution < -0.4 is 10.1 Å². The van der Waals surface area contributed by atoms with E-state index in [9.17, 15) is 4.79 Å². The number of halogens is 1. The lowest BCUT2D eigenvalue weighted by Crippen LogP contribution is -2.12. The van der Waals surface area contributed by atoms with Crippen molar-refractivity contribution in [1.82, 2.24) is 9.97 Å². The highest BCUT2D eigenvalue weighted by Gasteiger charge is 2.06. The van der Waals surface area contributed by atoms with Crippen molar-refractivity contribution in [2.45, 2.75) is 6.92 Å². The van der Waals surface area contributed by atoms with Gasteiger partial charge in [0.15, 0.2) is 0 Å². The highest BCUT2D eigenvalue weighted by molar-refractivity contribution is 6.29. The molecule has 98 valence electrons. The van der Waals surface area contributed by atoms with Crippen molar-refractivity contribution in [1.29, 1.82) is 0 Å². The van der Waals surface area contributed by atoms with E-state index in [4.69, 9.17) is 16.3 Å². The van der Waals surface area contributed by atoms with Crippen molar-refractivity contribution in [3.05, 3.63) is 47.4 Å². The van der Waals surface area contributed by atoms with Gasteiger partial charge in [0.25, 0.3) is 5.91 Å². The van der Waals surface area contributed by atoms with E-state index in [2.05, 4.69) is 15.3 Å². The predicted molar refractivity (Wildman–Crippen MR) is 72.6 cm³/mol. The summed E-state index contributed by atoms with van der Waals surface area (Å²) in [5.41, 5.74) is 1.02. The van der Waals surface area contributed by atoms with Gasteiger partial charge in [0, 0.05) is 12.3 Å². The molecule has 0 fully saturated rings. The number of rotatable bonds is 4. The molecule has 2 aromatic heterocycles. The van der Waals surface area contributed by atoms with Crippen LogP contribution in [0.4, 0.5) is 5.69 Å². The molecule has 19 heavy (non-hydrogen) atoms. The van der Waals surface area contributed by atoms with E-state index in [-0.39, 0.29) is 5.91 Å². The molecule has 0 aliphatic rings. The van der Waals surface area contributed by atoms with Crippen LogP contribution >= 0.6 is 11.6 Å². The SMILES string of the molecule is CCOc1ccc(NC(=O)c2ccc(Cl)nc2)cn1. The lowest BCUT2D eigenvalue weighted by atomic mass is 10.2. The number of nitrogens with one attached hydrogen (secondary N) is 1. The summed E-state index contributed by atoms with van der Waals surface area (Å²) in [5, 5.41) is 3.05. The summed E-state index contributed by atoms with van der Waals surface area (Å²) < 4.78 is 5.22. The Bertz CT molecular complexity index is 555. The molecule has 0 bridgehead atoms. The summed E-state index contributed by atoms with van der Waals surface area (Å²) in [6.45, 7) is 2.43. The van der Waals surface area contributed by atoms with Gasteiger partial charge in [-0.2, -0.15) is 0 Å². The molecule has 5 nitrogen and oxygen atoms in total. The summed E-state index contributed by atoms with van der Waals surface area (Å²) in [7, 11) is 0. The lowest BCUT2D eigenvalue weighted by Gasteiger charge is -2.06. The number of nitrogens with zero attached hydrogens (tertiary/aromatic N) is 2. The summed E-state index contributed by atoms with van der Waals surface area (Å²) in [5.74, 6) is 0.254. The van der Waals surface area contributed by atoms with Gasteiger partial charge < -0.3 is 10.1 Å². The maximum absolute atomic E-state index is 11.9. The molecule has 0 saturated heterocycles. The Morgan fingerprint density at radius 2 is 2.11 bits per heavy atom. The quantitative estimate of drug-likeness (QED) is 0.873. The Balaban J connectivity index is 2.04. The van der Waals surface area contributed by atoms with Crippen LogP contribution in [0.15, 0.2) is 36.7 Å². The second-order valence-electron chi connectivity index (χ2n) is 3.64. The number of ether oxygens (including phenoxy) is 1. The van der Waals surface area contributed by atoms with Crippen molar-refractivity contribution in [3.8, 4) is 5.88 Å². The van der Waals surface area contributed by atoms with Gasteiger partial charge in [0.05, 0.1) is 24.1 Å². The minimum Gasteiger partial charge on any atom is -0.478 e. The average molecular weight is 278 g/mol. The number of amides is 1. The third-order valence-corrected chi connectivity index (χ3v) is 2.50. The molecular formula is C13H12ClN3O2. The Morgan fingerprint density at radius 1 is 1.26 bits per heavy atom. The van der Waals surface area contributed by atoms with E-state index in [1.807, 2.05) is 6.92 Å². The van der Waals surface area contributed by atoms with Gasteiger partial charge in [-0.05, 0) is 25.1 Å². The van der Waals surface area contributed by atoms with E-state index in [1.54, 1.807) is 24.3 Å². The number of anilines is 1. The second kappa shape index (κ2) is 6.15. The molecule has 1 N–H and O–H groups in total. The van der Waals surface area contributed by atoms with Crippen LogP contribution in [-0.4, -0.2) is 22.5 Å². The van der Waals surface area contributed by atoms with Crippen LogP contribution in [0.25, 0.3) is 0 Å². The van der Waals surface area contributed by atoms with Crippen LogP contribution in [0.1, 0.15) is 17.3 Å². The fourth-order valence-corrected chi connectivity index (χ4v) is 1.51. The van der Waals surface area contributed by atoms with Crippen LogP contribution in [0, 0.1) is 0 Å². The molecule has 1 amide bonds. The number of carbonyl (C=O) groups is 1. The largest absolute Gasteiger partial charge is 0.478 e. The first-order valence-electron chi connectivity index (χ1n) is 5.71. The first-order valence-corrected chi connectivity index (χ1v) is 6.08. The fraction of sp³-hybridized carbons (Fsp3) is 0.154. The number of carbonyl (C=O) groups excluding carboxylic acids is 1. The van der Waals surface area contributed by atoms with Gasteiger partial charge in [-0.1, -0.05) is 11.6 Å². The van der Waals surface area contributed by atoms with Crippen molar-refractivity contribution in [3.63, 3.8) is 0 Å². The zero-order valence-electron chi connectivity index (χ0n) is 10.3. The number of aromatic nitrogens is 2. The maximum Gasteiger partial charge on any atom is 0.257 e. The van der Waals surface area contributed by atoms with E-state index in [0.717, 1.165) is 0 Å². The Morgan fingerprint density at radius 3 is 2.68 bits per heavy atom. The van der Waals surface area contributed by atoms with Crippen LogP contribution in [0.5, 0.6) is 5.88 Å². The standard InChI is InChI=1S/C13H12ClN3O2/c1-2-19-12-6-4-10(8-16-12)17-13(18)9-3-5-11(14)15-7-9/h3-8H,2H2,1H3,(H,17,18). The molecule has 0 saturated carbocycles. The minimum absolute atomic E-state index is 0.268. The number of pyridine rings is 2. The van der Waals surface area contributed by atoms with Gasteiger partial charge in [0.1, 0.15) is 5.15 Å². The molecule has 2 aromatic rings. The molecule has 0 unspecified atom stereocenters. The second-order valence-corrected chi connectivity index (χ2v) is 4.03. The van der Waals surface area contributed by atoms with Crippen LogP contribution in [0.3, 0.4) is 0 Å². The van der Waals surface area contributed by atoms with Crippen LogP contribution in [-0.2, 0) is 0 Å². The highest BCUT2D eigenvalue weighted by Crippen LogP contribution is 2.13. The average Bonchev–Trinajstić information content (AvgIpc) is 2.42. The summed E-state index contributed by atoms with van der Waals surface area (Å²) in [6.07, 6.45) is 2.95. The van der Waals surface area contributed by atoms with Gasteiger partial charge in [-0.3, -0.25) is 4.79 Å². The monoisotopic (exact) mass is 277 g/mol. The van der Waals surface area contributed by atoms with E-state index in [0.29, 0.717) is 28.9 Å². The number of hydrogen-bond acceptors (Lipinski definition) is 4. The van der Waals surface area contributed by atoms with Crippen molar-refractivity contribution >= 4 is 23.2 Å². The van der Waals surface area contributed by atoms with Gasteiger partial charge in [0.2, 0.25) is 5.88 Å². The molecule has 0 atom stereocenters. The van der Waals surface area contributed by atoms with Crippen molar-refractivity contribution < 1.29 is 9.53 Å². The van der Waals surface area contributed by atoms with E-state index >= 15 is 0 Å². The smallest absolute Gasteiger partial charge is 0.257 e. The molecule has 0 aliphatic heterocycles. The lowest BCUT2D eigenvalue weighted by molar-refractivity contribution is 0.102. The van der Waals surface area contributed by atoms with Crippen molar-refractivity contribution in [2.24, 2.45) is 0 Å². The first-order chi connectivity index (χ1) is 9.19. The zero-order chi connectivity index (χ0) is 13.7. The normalized spacial score (nSPS) is 10.0. The number of hydrogen-bond donors (Lipinski definition) is 1. The fourth-order valence-electron chi connectivity index (χ4n) is 1.40. The predicted octanol–water partition coefficient (Wildman–Crippen LogP) is 2.78. The summed E-state index contributed by atoms with van der Waals surface area (Å²) >= 11 is 5.66. The molecule has 0 radical (unpaired) electrons. The molecule has 2 rings (SSSR count). The summed E-state index contributed by atoms with van der Waals surface area (Å²) in [4.78, 5) is 19.8. The molecule has 2 heterocycles. The Kier molecular flexibility index (Phi) is 4.30. The third kappa shape index (κ3) is 3.66. The van der Waals surface area contributed by atoms with Gasteiger partial charge >= 0.3 is 0 Å². The molecule has 6 heteroatoms. The van der Waals surface area contributed by atoms with Crippen LogP contribution in [0.2, 0.25) is 5.15 Å².